The lowest BCUT2D eigenvalue weighted by molar-refractivity contribution is 0.187. The Labute approximate surface area is 194 Å². The van der Waals surface area contributed by atoms with Crippen LogP contribution in [0.2, 0.25) is 0 Å². The molecule has 0 aliphatic carbocycles. The predicted octanol–water partition coefficient (Wildman–Crippen LogP) is 5.73. The lowest BCUT2D eigenvalue weighted by atomic mass is 10.1. The van der Waals surface area contributed by atoms with Crippen LogP contribution in [0.5, 0.6) is 5.75 Å². The van der Waals surface area contributed by atoms with Crippen molar-refractivity contribution in [2.75, 3.05) is 5.32 Å². The molecule has 3 rings (SSSR count). The highest BCUT2D eigenvalue weighted by Gasteiger charge is 2.21. The van der Waals surface area contributed by atoms with Gasteiger partial charge in [-0.2, -0.15) is 8.42 Å². The summed E-state index contributed by atoms with van der Waals surface area (Å²) in [4.78, 5) is 14.6. The molecular weight excluding hydrogens is 443 g/mol. The fourth-order valence-electron chi connectivity index (χ4n) is 3.17. The molecule has 1 unspecified atom stereocenters. The van der Waals surface area contributed by atoms with E-state index in [9.17, 15) is 17.6 Å². The van der Waals surface area contributed by atoms with E-state index in [0.29, 0.717) is 6.54 Å². The Morgan fingerprint density at radius 2 is 1.67 bits per heavy atom. The van der Waals surface area contributed by atoms with Gasteiger partial charge in [-0.25, -0.2) is 9.18 Å². The number of hydrogen-bond acceptors (Lipinski definition) is 4. The molecule has 0 saturated carbocycles. The van der Waals surface area contributed by atoms with Crippen LogP contribution >= 0.6 is 0 Å². The second-order valence-electron chi connectivity index (χ2n) is 7.77. The number of amides is 2. The van der Waals surface area contributed by atoms with Crippen LogP contribution in [-0.4, -0.2) is 25.4 Å². The van der Waals surface area contributed by atoms with Gasteiger partial charge in [-0.1, -0.05) is 37.3 Å². The molecule has 0 aromatic heterocycles. The molecular formula is C25H27FN2O4S. The molecule has 8 heteroatoms. The molecule has 3 aromatic carbocycles. The summed E-state index contributed by atoms with van der Waals surface area (Å²) in [6, 6.07) is 18.3. The number of carbonyl (C=O) groups is 1. The summed E-state index contributed by atoms with van der Waals surface area (Å²) in [6.45, 7) is 6.26. The zero-order chi connectivity index (χ0) is 24.0. The van der Waals surface area contributed by atoms with Crippen LogP contribution in [0.1, 0.15) is 31.4 Å². The number of nitrogens with one attached hydrogen (secondary N) is 1. The number of anilines is 1. The number of hydrogen-bond donors (Lipinski definition) is 1. The molecule has 0 aliphatic rings. The predicted molar refractivity (Wildman–Crippen MR) is 126 cm³/mol. The molecule has 0 saturated heterocycles. The topological polar surface area (TPSA) is 75.7 Å². The van der Waals surface area contributed by atoms with E-state index < -0.39 is 15.9 Å². The summed E-state index contributed by atoms with van der Waals surface area (Å²) in [6.07, 6.45) is 0.776. The van der Waals surface area contributed by atoms with Crippen LogP contribution in [0.15, 0.2) is 77.7 Å². The van der Waals surface area contributed by atoms with Gasteiger partial charge in [-0.3, -0.25) is 0 Å². The highest BCUT2D eigenvalue weighted by atomic mass is 32.2. The standard InChI is InChI=1S/C25H27FN2O4S/c1-4-19(3)28(25(29)27-24-8-6-5-7-18(24)2)17-20-9-13-22(14-10-20)32-33(30,31)23-15-11-21(26)12-16-23/h5-16,19H,4,17H2,1-3H3,(H,27,29). The Hall–Kier alpha value is -3.39. The van der Waals surface area contributed by atoms with E-state index >= 15 is 0 Å². The third-order valence-electron chi connectivity index (χ3n) is 5.35. The second-order valence-corrected chi connectivity index (χ2v) is 9.31. The van der Waals surface area contributed by atoms with E-state index in [-0.39, 0.29) is 22.7 Å². The monoisotopic (exact) mass is 470 g/mol. The van der Waals surface area contributed by atoms with Crippen molar-refractivity contribution in [3.63, 3.8) is 0 Å². The van der Waals surface area contributed by atoms with Crippen molar-refractivity contribution in [1.82, 2.24) is 4.90 Å². The van der Waals surface area contributed by atoms with E-state index in [2.05, 4.69) is 5.32 Å². The zero-order valence-corrected chi connectivity index (χ0v) is 19.6. The van der Waals surface area contributed by atoms with Gasteiger partial charge in [-0.05, 0) is 73.9 Å². The SMILES string of the molecule is CCC(C)N(Cc1ccc(OS(=O)(=O)c2ccc(F)cc2)cc1)C(=O)Nc1ccccc1C. The van der Waals surface area contributed by atoms with Gasteiger partial charge in [-0.15, -0.1) is 0 Å². The molecule has 1 N–H and O–H groups in total. The van der Waals surface area contributed by atoms with Gasteiger partial charge in [0, 0.05) is 18.3 Å². The minimum Gasteiger partial charge on any atom is -0.379 e. The number of urea groups is 1. The average molecular weight is 471 g/mol. The van der Waals surface area contributed by atoms with Crippen molar-refractivity contribution in [1.29, 1.82) is 0 Å². The first-order chi connectivity index (χ1) is 15.7. The van der Waals surface area contributed by atoms with Crippen molar-refractivity contribution in [2.24, 2.45) is 0 Å². The minimum atomic E-state index is -4.08. The Morgan fingerprint density at radius 1 is 1.03 bits per heavy atom. The molecule has 6 nitrogen and oxygen atoms in total. The molecule has 0 aliphatic heterocycles. The van der Waals surface area contributed by atoms with E-state index in [0.717, 1.165) is 47.5 Å². The van der Waals surface area contributed by atoms with Crippen molar-refractivity contribution in [2.45, 2.75) is 44.7 Å². The summed E-state index contributed by atoms with van der Waals surface area (Å²) in [5, 5.41) is 2.97. The molecule has 0 fully saturated rings. The highest BCUT2D eigenvalue weighted by molar-refractivity contribution is 7.87. The number of aryl methyl sites for hydroxylation is 1. The number of benzene rings is 3. The Kier molecular flexibility index (Phi) is 7.71. The first-order valence-electron chi connectivity index (χ1n) is 10.6. The van der Waals surface area contributed by atoms with E-state index in [1.807, 2.05) is 45.0 Å². The summed E-state index contributed by atoms with van der Waals surface area (Å²) in [7, 11) is -4.08. The molecule has 1 atom stereocenters. The van der Waals surface area contributed by atoms with Gasteiger partial charge >= 0.3 is 16.1 Å². The fraction of sp³-hybridized carbons (Fsp3) is 0.240. The van der Waals surface area contributed by atoms with Crippen molar-refractivity contribution < 1.29 is 21.8 Å². The molecule has 33 heavy (non-hydrogen) atoms. The van der Waals surface area contributed by atoms with Gasteiger partial charge in [0.15, 0.2) is 0 Å². The molecule has 174 valence electrons. The average Bonchev–Trinajstić information content (AvgIpc) is 2.79. The summed E-state index contributed by atoms with van der Waals surface area (Å²) in [5.74, 6) is -0.404. The van der Waals surface area contributed by atoms with E-state index in [1.165, 1.54) is 12.1 Å². The van der Waals surface area contributed by atoms with Crippen molar-refractivity contribution >= 4 is 21.8 Å². The minimum absolute atomic E-state index is 0.0104. The Morgan fingerprint density at radius 3 is 2.27 bits per heavy atom. The molecule has 0 bridgehead atoms. The molecule has 2 amide bonds. The van der Waals surface area contributed by atoms with Crippen LogP contribution < -0.4 is 9.50 Å². The van der Waals surface area contributed by atoms with Gasteiger partial charge in [0.1, 0.15) is 16.5 Å². The molecule has 0 heterocycles. The summed E-state index contributed by atoms with van der Waals surface area (Å²) in [5.41, 5.74) is 2.55. The van der Waals surface area contributed by atoms with Crippen LogP contribution in [0.4, 0.5) is 14.9 Å². The maximum absolute atomic E-state index is 13.1. The van der Waals surface area contributed by atoms with Crippen molar-refractivity contribution in [3.05, 3.63) is 89.7 Å². The van der Waals surface area contributed by atoms with Crippen molar-refractivity contribution in [3.8, 4) is 5.75 Å². The number of halogens is 1. The van der Waals surface area contributed by atoms with E-state index in [4.69, 9.17) is 4.18 Å². The first-order valence-corrected chi connectivity index (χ1v) is 12.0. The number of para-hydroxylation sites is 1. The Balaban J connectivity index is 1.72. The van der Waals surface area contributed by atoms with Gasteiger partial charge in [0.25, 0.3) is 0 Å². The normalized spacial score (nSPS) is 12.1. The number of nitrogens with zero attached hydrogens (tertiary/aromatic N) is 1. The summed E-state index contributed by atoms with van der Waals surface area (Å²) < 4.78 is 43.0. The summed E-state index contributed by atoms with van der Waals surface area (Å²) >= 11 is 0. The third-order valence-corrected chi connectivity index (χ3v) is 6.62. The maximum Gasteiger partial charge on any atom is 0.339 e. The number of rotatable bonds is 8. The lowest BCUT2D eigenvalue weighted by Gasteiger charge is -2.29. The van der Waals surface area contributed by atoms with Gasteiger partial charge in [0.2, 0.25) is 0 Å². The zero-order valence-electron chi connectivity index (χ0n) is 18.8. The highest BCUT2D eigenvalue weighted by Crippen LogP contribution is 2.22. The molecule has 0 spiro atoms. The van der Waals surface area contributed by atoms with Crippen LogP contribution in [0.25, 0.3) is 0 Å². The lowest BCUT2D eigenvalue weighted by Crippen LogP contribution is -2.40. The van der Waals surface area contributed by atoms with Crippen LogP contribution in [0, 0.1) is 12.7 Å². The first kappa shape index (κ1) is 24.3. The maximum atomic E-state index is 13.1. The van der Waals surface area contributed by atoms with Crippen LogP contribution in [0.3, 0.4) is 0 Å². The smallest absolute Gasteiger partial charge is 0.339 e. The van der Waals surface area contributed by atoms with E-state index in [1.54, 1.807) is 17.0 Å². The largest absolute Gasteiger partial charge is 0.379 e. The Bertz CT molecular complexity index is 1200. The fourth-order valence-corrected chi connectivity index (χ4v) is 4.10. The number of carbonyl (C=O) groups excluding carboxylic acids is 1. The third kappa shape index (κ3) is 6.32. The van der Waals surface area contributed by atoms with Gasteiger partial charge < -0.3 is 14.4 Å². The molecule has 0 radical (unpaired) electrons. The molecule has 3 aromatic rings. The van der Waals surface area contributed by atoms with Gasteiger partial charge in [0.05, 0.1) is 0 Å². The second kappa shape index (κ2) is 10.5. The van der Waals surface area contributed by atoms with Crippen LogP contribution in [-0.2, 0) is 16.7 Å². The quantitative estimate of drug-likeness (QED) is 0.426.